The second-order valence-electron chi connectivity index (χ2n) is 4.05. The first-order valence-electron chi connectivity index (χ1n) is 5.93. The van der Waals surface area contributed by atoms with E-state index in [1.807, 2.05) is 45.3 Å². The molecule has 1 heterocycles. The van der Waals surface area contributed by atoms with Gasteiger partial charge in [-0.1, -0.05) is 12.1 Å². The molecule has 0 saturated heterocycles. The van der Waals surface area contributed by atoms with Crippen LogP contribution in [0.3, 0.4) is 0 Å². The number of rotatable bonds is 4. The number of ether oxygens (including phenoxy) is 1. The Morgan fingerprint density at radius 2 is 1.89 bits per heavy atom. The highest BCUT2D eigenvalue weighted by Gasteiger charge is 2.12. The number of para-hydroxylation sites is 1. The lowest BCUT2D eigenvalue weighted by molar-refractivity contribution is 0.341. The van der Waals surface area contributed by atoms with Crippen LogP contribution in [0.15, 0.2) is 24.3 Å². The largest absolute Gasteiger partial charge is 0.493 e. The second-order valence-corrected chi connectivity index (χ2v) is 4.39. The molecule has 0 amide bonds. The van der Waals surface area contributed by atoms with Gasteiger partial charge in [0, 0.05) is 14.1 Å². The van der Waals surface area contributed by atoms with Gasteiger partial charge in [-0.3, -0.25) is 0 Å². The number of benzene rings is 1. The summed E-state index contributed by atoms with van der Waals surface area (Å²) < 4.78 is 5.57. The number of nitrogens with zero attached hydrogens (tertiary/aromatic N) is 4. The average Bonchev–Trinajstić information content (AvgIpc) is 2.39. The highest BCUT2D eigenvalue weighted by molar-refractivity contribution is 6.28. The van der Waals surface area contributed by atoms with E-state index in [9.17, 15) is 0 Å². The van der Waals surface area contributed by atoms with Gasteiger partial charge in [0.2, 0.25) is 11.2 Å². The fraction of sp³-hybridized carbons (Fsp3) is 0.308. The van der Waals surface area contributed by atoms with Gasteiger partial charge in [0.15, 0.2) is 5.82 Å². The van der Waals surface area contributed by atoms with Gasteiger partial charge in [0.25, 0.3) is 0 Å². The minimum absolute atomic E-state index is 0.167. The third-order valence-corrected chi connectivity index (χ3v) is 2.59. The van der Waals surface area contributed by atoms with Crippen LogP contribution in [0.2, 0.25) is 5.28 Å². The molecule has 0 saturated carbocycles. The summed E-state index contributed by atoms with van der Waals surface area (Å²) in [5.74, 6) is 1.76. The summed E-state index contributed by atoms with van der Waals surface area (Å²) in [6, 6.07) is 7.59. The molecule has 0 N–H and O–H groups in total. The van der Waals surface area contributed by atoms with Gasteiger partial charge in [0.1, 0.15) is 5.75 Å². The fourth-order valence-corrected chi connectivity index (χ4v) is 1.75. The minimum atomic E-state index is 0.167. The van der Waals surface area contributed by atoms with Crippen LogP contribution in [0, 0.1) is 0 Å². The molecule has 0 radical (unpaired) electrons. The van der Waals surface area contributed by atoms with Crippen molar-refractivity contribution in [3.63, 3.8) is 0 Å². The number of hydrogen-bond acceptors (Lipinski definition) is 5. The van der Waals surface area contributed by atoms with Crippen molar-refractivity contribution in [1.82, 2.24) is 15.0 Å². The van der Waals surface area contributed by atoms with Crippen LogP contribution >= 0.6 is 11.6 Å². The molecule has 2 aromatic rings. The monoisotopic (exact) mass is 278 g/mol. The van der Waals surface area contributed by atoms with Gasteiger partial charge < -0.3 is 9.64 Å². The molecule has 6 heteroatoms. The highest BCUT2D eigenvalue weighted by Crippen LogP contribution is 2.28. The maximum Gasteiger partial charge on any atom is 0.229 e. The zero-order chi connectivity index (χ0) is 13.8. The van der Waals surface area contributed by atoms with E-state index in [1.165, 1.54) is 0 Å². The van der Waals surface area contributed by atoms with Crippen LogP contribution in [0.25, 0.3) is 11.4 Å². The van der Waals surface area contributed by atoms with Crippen molar-refractivity contribution >= 4 is 17.5 Å². The minimum Gasteiger partial charge on any atom is -0.493 e. The van der Waals surface area contributed by atoms with Gasteiger partial charge >= 0.3 is 0 Å². The predicted octanol–water partition coefficient (Wildman–Crippen LogP) is 2.66. The molecule has 0 spiro atoms. The van der Waals surface area contributed by atoms with Crippen molar-refractivity contribution in [2.45, 2.75) is 6.92 Å². The molecule has 5 nitrogen and oxygen atoms in total. The summed E-state index contributed by atoms with van der Waals surface area (Å²) in [4.78, 5) is 14.4. The summed E-state index contributed by atoms with van der Waals surface area (Å²) in [6.07, 6.45) is 0. The van der Waals surface area contributed by atoms with E-state index in [1.54, 1.807) is 4.90 Å². The van der Waals surface area contributed by atoms with Crippen molar-refractivity contribution in [2.75, 3.05) is 25.6 Å². The Hall–Kier alpha value is -1.88. The van der Waals surface area contributed by atoms with Crippen LogP contribution in [0.1, 0.15) is 6.92 Å². The van der Waals surface area contributed by atoms with Gasteiger partial charge in [-0.25, -0.2) is 0 Å². The summed E-state index contributed by atoms with van der Waals surface area (Å²) in [5, 5.41) is 0.167. The molecule has 100 valence electrons. The zero-order valence-electron chi connectivity index (χ0n) is 11.1. The van der Waals surface area contributed by atoms with Crippen molar-refractivity contribution in [1.29, 1.82) is 0 Å². The van der Waals surface area contributed by atoms with Gasteiger partial charge in [0.05, 0.1) is 12.2 Å². The third-order valence-electron chi connectivity index (χ3n) is 2.42. The van der Waals surface area contributed by atoms with Crippen molar-refractivity contribution in [3.05, 3.63) is 29.5 Å². The first kappa shape index (κ1) is 13.5. The second kappa shape index (κ2) is 5.84. The Bertz CT molecular complexity index is 574. The Kier molecular flexibility index (Phi) is 4.16. The van der Waals surface area contributed by atoms with Crippen LogP contribution < -0.4 is 9.64 Å². The zero-order valence-corrected chi connectivity index (χ0v) is 11.8. The highest BCUT2D eigenvalue weighted by atomic mass is 35.5. The Morgan fingerprint density at radius 3 is 2.58 bits per heavy atom. The molecule has 0 unspecified atom stereocenters. The molecular formula is C13H15ClN4O. The lowest BCUT2D eigenvalue weighted by Gasteiger charge is -2.13. The summed E-state index contributed by atoms with van der Waals surface area (Å²) in [5.41, 5.74) is 0.803. The molecular weight excluding hydrogens is 264 g/mol. The first-order chi connectivity index (χ1) is 9.11. The number of halogens is 1. The quantitative estimate of drug-likeness (QED) is 0.860. The molecule has 0 fully saturated rings. The smallest absolute Gasteiger partial charge is 0.229 e. The molecule has 19 heavy (non-hydrogen) atoms. The van der Waals surface area contributed by atoms with E-state index in [0.717, 1.165) is 11.3 Å². The molecule has 2 rings (SSSR count). The normalized spacial score (nSPS) is 10.3. The van der Waals surface area contributed by atoms with E-state index in [2.05, 4.69) is 15.0 Å². The topological polar surface area (TPSA) is 51.1 Å². The summed E-state index contributed by atoms with van der Waals surface area (Å²) in [6.45, 7) is 2.51. The van der Waals surface area contributed by atoms with Crippen LogP contribution in [0.5, 0.6) is 5.75 Å². The lowest BCUT2D eigenvalue weighted by atomic mass is 10.2. The summed E-state index contributed by atoms with van der Waals surface area (Å²) >= 11 is 5.94. The Balaban J connectivity index is 2.52. The third kappa shape index (κ3) is 3.12. The number of aromatic nitrogens is 3. The lowest BCUT2D eigenvalue weighted by Crippen LogP contribution is -2.14. The number of hydrogen-bond donors (Lipinski definition) is 0. The molecule has 0 aliphatic rings. The fourth-order valence-electron chi connectivity index (χ4n) is 1.59. The van der Waals surface area contributed by atoms with Gasteiger partial charge in [-0.05, 0) is 30.7 Å². The van der Waals surface area contributed by atoms with E-state index in [-0.39, 0.29) is 5.28 Å². The predicted molar refractivity (Wildman–Crippen MR) is 75.8 cm³/mol. The Morgan fingerprint density at radius 1 is 1.16 bits per heavy atom. The van der Waals surface area contributed by atoms with E-state index >= 15 is 0 Å². The molecule has 0 bridgehead atoms. The standard InChI is InChI=1S/C13H15ClN4O/c1-4-19-10-8-6-5-7-9(10)11-15-12(14)17-13(16-11)18(2)3/h5-8H,4H2,1-3H3. The molecule has 0 aliphatic carbocycles. The van der Waals surface area contributed by atoms with E-state index in [0.29, 0.717) is 18.4 Å². The Labute approximate surface area is 117 Å². The summed E-state index contributed by atoms with van der Waals surface area (Å²) in [7, 11) is 3.70. The van der Waals surface area contributed by atoms with Gasteiger partial charge in [-0.2, -0.15) is 15.0 Å². The van der Waals surface area contributed by atoms with Gasteiger partial charge in [-0.15, -0.1) is 0 Å². The van der Waals surface area contributed by atoms with E-state index < -0.39 is 0 Å². The average molecular weight is 279 g/mol. The first-order valence-corrected chi connectivity index (χ1v) is 6.30. The van der Waals surface area contributed by atoms with Crippen molar-refractivity contribution < 1.29 is 4.74 Å². The maximum absolute atomic E-state index is 5.94. The van der Waals surface area contributed by atoms with Crippen molar-refractivity contribution in [3.8, 4) is 17.1 Å². The SMILES string of the molecule is CCOc1ccccc1-c1nc(Cl)nc(N(C)C)n1. The van der Waals surface area contributed by atoms with Crippen molar-refractivity contribution in [2.24, 2.45) is 0 Å². The maximum atomic E-state index is 5.94. The molecule has 0 atom stereocenters. The molecule has 0 aliphatic heterocycles. The number of anilines is 1. The van der Waals surface area contributed by atoms with Crippen LogP contribution in [0.4, 0.5) is 5.95 Å². The van der Waals surface area contributed by atoms with Crippen LogP contribution in [-0.2, 0) is 0 Å². The molecule has 1 aromatic carbocycles. The molecule has 1 aromatic heterocycles. The van der Waals surface area contributed by atoms with E-state index in [4.69, 9.17) is 16.3 Å². The van der Waals surface area contributed by atoms with Crippen LogP contribution in [-0.4, -0.2) is 35.7 Å².